The van der Waals surface area contributed by atoms with Crippen LogP contribution in [0.4, 0.5) is 0 Å². The van der Waals surface area contributed by atoms with Gasteiger partial charge in [-0.2, -0.15) is 0 Å². The minimum Gasteiger partial charge on any atom is -0.493 e. The summed E-state index contributed by atoms with van der Waals surface area (Å²) in [5.74, 6) is -0.197. The smallest absolute Gasteiger partial charge is 0.344 e. The second-order valence-corrected chi connectivity index (χ2v) is 7.19. The summed E-state index contributed by atoms with van der Waals surface area (Å²) in [5.41, 5.74) is 0.772. The van der Waals surface area contributed by atoms with E-state index in [2.05, 4.69) is 4.74 Å². The van der Waals surface area contributed by atoms with Crippen molar-refractivity contribution < 1.29 is 33.3 Å². The Labute approximate surface area is 192 Å². The first-order valence-corrected chi connectivity index (χ1v) is 10.7. The van der Waals surface area contributed by atoms with Crippen LogP contribution in [-0.2, 0) is 14.3 Å². The summed E-state index contributed by atoms with van der Waals surface area (Å²) in [6.07, 6.45) is 1.82. The number of carbonyl (C=O) groups is 3. The van der Waals surface area contributed by atoms with Gasteiger partial charge in [0.15, 0.2) is 0 Å². The van der Waals surface area contributed by atoms with Gasteiger partial charge in [0.1, 0.15) is 11.5 Å². The molecule has 0 saturated carbocycles. The number of hydrogen-bond donors (Lipinski definition) is 0. The Balaban J connectivity index is 1.66. The number of hydrogen-bond acceptors (Lipinski definition) is 7. The lowest BCUT2D eigenvalue weighted by Gasteiger charge is -2.12. The van der Waals surface area contributed by atoms with Crippen molar-refractivity contribution >= 4 is 28.7 Å². The first-order valence-electron chi connectivity index (χ1n) is 10.7. The van der Waals surface area contributed by atoms with Gasteiger partial charge in [0, 0.05) is 11.8 Å². The molecule has 0 atom stereocenters. The van der Waals surface area contributed by atoms with E-state index in [1.54, 1.807) is 31.2 Å². The zero-order valence-corrected chi connectivity index (χ0v) is 18.7. The third-order valence-corrected chi connectivity index (χ3v) is 4.94. The topological polar surface area (TPSA) is 88.1 Å². The number of ether oxygens (including phenoxy) is 4. The monoisotopic (exact) mass is 450 g/mol. The molecular weight excluding hydrogens is 424 g/mol. The molecule has 3 aromatic carbocycles. The molecule has 0 N–H and O–H groups in total. The van der Waals surface area contributed by atoms with E-state index in [1.165, 1.54) is 19.2 Å². The van der Waals surface area contributed by atoms with Gasteiger partial charge >= 0.3 is 17.9 Å². The van der Waals surface area contributed by atoms with Crippen LogP contribution >= 0.6 is 0 Å². The van der Waals surface area contributed by atoms with E-state index in [9.17, 15) is 14.4 Å². The maximum atomic E-state index is 12.8. The van der Waals surface area contributed by atoms with Crippen molar-refractivity contribution in [3.8, 4) is 11.5 Å². The van der Waals surface area contributed by atoms with Crippen LogP contribution in [0.2, 0.25) is 0 Å². The number of benzene rings is 3. The van der Waals surface area contributed by atoms with E-state index in [0.717, 1.165) is 11.8 Å². The van der Waals surface area contributed by atoms with E-state index < -0.39 is 11.9 Å². The van der Waals surface area contributed by atoms with Gasteiger partial charge < -0.3 is 18.9 Å². The molecular formula is C26H26O7. The molecule has 0 aliphatic carbocycles. The number of rotatable bonds is 10. The molecule has 3 rings (SSSR count). The molecule has 172 valence electrons. The molecule has 0 spiro atoms. The maximum absolute atomic E-state index is 12.8. The van der Waals surface area contributed by atoms with Crippen LogP contribution < -0.4 is 9.47 Å². The normalized spacial score (nSPS) is 10.5. The lowest BCUT2D eigenvalue weighted by atomic mass is 10.0. The molecule has 7 nitrogen and oxygen atoms in total. The Hall–Kier alpha value is -3.87. The molecule has 0 radical (unpaired) electrons. The van der Waals surface area contributed by atoms with E-state index in [4.69, 9.17) is 14.2 Å². The number of carbonyl (C=O) groups excluding carboxylic acids is 3. The first-order chi connectivity index (χ1) is 16.0. The maximum Gasteiger partial charge on any atom is 0.344 e. The third kappa shape index (κ3) is 6.32. The highest BCUT2D eigenvalue weighted by Crippen LogP contribution is 2.29. The summed E-state index contributed by atoms with van der Waals surface area (Å²) in [7, 11) is 1.30. The highest BCUT2D eigenvalue weighted by atomic mass is 16.5. The van der Waals surface area contributed by atoms with Crippen LogP contribution in [-0.4, -0.2) is 38.2 Å². The molecule has 0 amide bonds. The lowest BCUT2D eigenvalue weighted by molar-refractivity contribution is -0.143. The molecule has 0 aliphatic rings. The number of fused-ring (bicyclic) bond motifs is 1. The highest BCUT2D eigenvalue weighted by molar-refractivity contribution is 6.07. The van der Waals surface area contributed by atoms with Crippen molar-refractivity contribution in [2.45, 2.75) is 26.2 Å². The average molecular weight is 450 g/mol. The van der Waals surface area contributed by atoms with Gasteiger partial charge in [0.25, 0.3) is 0 Å². The zero-order chi connectivity index (χ0) is 23.6. The highest BCUT2D eigenvalue weighted by Gasteiger charge is 2.16. The summed E-state index contributed by atoms with van der Waals surface area (Å²) < 4.78 is 21.1. The third-order valence-electron chi connectivity index (χ3n) is 4.94. The summed E-state index contributed by atoms with van der Waals surface area (Å²) in [4.78, 5) is 35.5. The SMILES string of the molecule is CCC(=O)OCCCCOc1ccc(C(=O)Oc2ccc(C(=O)OC)cc2)c2ccccc12. The second kappa shape index (κ2) is 11.7. The Bertz CT molecular complexity index is 1120. The Kier molecular flexibility index (Phi) is 8.41. The van der Waals surface area contributed by atoms with Crippen LogP contribution in [0, 0.1) is 0 Å². The number of esters is 3. The van der Waals surface area contributed by atoms with Gasteiger partial charge in [0.2, 0.25) is 0 Å². The van der Waals surface area contributed by atoms with E-state index >= 15 is 0 Å². The van der Waals surface area contributed by atoms with Gasteiger partial charge in [-0.3, -0.25) is 4.79 Å². The fraction of sp³-hybridized carbons (Fsp3) is 0.269. The molecule has 0 aromatic heterocycles. The standard InChI is InChI=1S/C26H26O7/c1-3-24(27)32-17-7-6-16-31-23-15-14-22(20-8-4-5-9-21(20)23)26(29)33-19-12-10-18(11-13-19)25(28)30-2/h4-5,8-15H,3,6-7,16-17H2,1-2H3. The Morgan fingerprint density at radius 1 is 0.788 bits per heavy atom. The molecule has 0 fully saturated rings. The average Bonchev–Trinajstić information content (AvgIpc) is 2.85. The van der Waals surface area contributed by atoms with Gasteiger partial charge in [-0.25, -0.2) is 9.59 Å². The van der Waals surface area contributed by atoms with Crippen LogP contribution in [0.5, 0.6) is 11.5 Å². The number of methoxy groups -OCH3 is 1. The molecule has 0 heterocycles. The summed E-state index contributed by atoms with van der Waals surface area (Å²) in [6.45, 7) is 2.60. The van der Waals surface area contributed by atoms with Gasteiger partial charge in [0.05, 0.1) is 31.5 Å². The van der Waals surface area contributed by atoms with Gasteiger partial charge in [-0.05, 0) is 54.6 Å². The van der Waals surface area contributed by atoms with Crippen molar-refractivity contribution in [1.29, 1.82) is 0 Å². The minimum absolute atomic E-state index is 0.205. The molecule has 0 unspecified atom stereocenters. The lowest BCUT2D eigenvalue weighted by Crippen LogP contribution is -2.10. The number of unbranched alkanes of at least 4 members (excludes halogenated alkanes) is 1. The zero-order valence-electron chi connectivity index (χ0n) is 18.7. The van der Waals surface area contributed by atoms with E-state index in [-0.39, 0.29) is 5.97 Å². The quantitative estimate of drug-likeness (QED) is 0.245. The van der Waals surface area contributed by atoms with Crippen molar-refractivity contribution in [3.05, 3.63) is 71.8 Å². The van der Waals surface area contributed by atoms with Gasteiger partial charge in [-0.1, -0.05) is 31.2 Å². The summed E-state index contributed by atoms with van der Waals surface area (Å²) in [6, 6.07) is 17.0. The van der Waals surface area contributed by atoms with Crippen molar-refractivity contribution in [1.82, 2.24) is 0 Å². The first kappa shape index (κ1) is 23.8. The Morgan fingerprint density at radius 3 is 2.18 bits per heavy atom. The largest absolute Gasteiger partial charge is 0.493 e. The van der Waals surface area contributed by atoms with Crippen LogP contribution in [0.25, 0.3) is 10.8 Å². The molecule has 0 aliphatic heterocycles. The predicted molar refractivity (Wildman–Crippen MR) is 123 cm³/mol. The molecule has 33 heavy (non-hydrogen) atoms. The van der Waals surface area contributed by atoms with Crippen molar-refractivity contribution in [2.24, 2.45) is 0 Å². The second-order valence-electron chi connectivity index (χ2n) is 7.19. The van der Waals surface area contributed by atoms with Crippen LogP contribution in [0.3, 0.4) is 0 Å². The van der Waals surface area contributed by atoms with Crippen LogP contribution in [0.1, 0.15) is 46.9 Å². The summed E-state index contributed by atoms with van der Waals surface area (Å²) >= 11 is 0. The van der Waals surface area contributed by atoms with E-state index in [1.807, 2.05) is 24.3 Å². The van der Waals surface area contributed by atoms with Crippen molar-refractivity contribution in [2.75, 3.05) is 20.3 Å². The Morgan fingerprint density at radius 2 is 1.48 bits per heavy atom. The molecule has 0 saturated heterocycles. The molecule has 3 aromatic rings. The molecule has 0 bridgehead atoms. The van der Waals surface area contributed by atoms with Gasteiger partial charge in [-0.15, -0.1) is 0 Å². The summed E-state index contributed by atoms with van der Waals surface area (Å²) in [5, 5.41) is 1.51. The van der Waals surface area contributed by atoms with E-state index in [0.29, 0.717) is 54.1 Å². The fourth-order valence-corrected chi connectivity index (χ4v) is 3.19. The van der Waals surface area contributed by atoms with Crippen molar-refractivity contribution in [3.63, 3.8) is 0 Å². The van der Waals surface area contributed by atoms with Crippen LogP contribution in [0.15, 0.2) is 60.7 Å². The minimum atomic E-state index is -0.513. The molecule has 7 heteroatoms. The fourth-order valence-electron chi connectivity index (χ4n) is 3.19. The predicted octanol–water partition coefficient (Wildman–Crippen LogP) is 4.96.